The fourth-order valence-corrected chi connectivity index (χ4v) is 2.22. The number of para-hydroxylation sites is 1. The molecule has 0 aliphatic rings. The molecule has 0 aliphatic heterocycles. The molecule has 0 radical (unpaired) electrons. The molecule has 2 heterocycles. The Hall–Kier alpha value is -2.49. The highest BCUT2D eigenvalue weighted by Gasteiger charge is 2.11. The highest BCUT2D eigenvalue weighted by atomic mass is 16.3. The maximum atomic E-state index is 11.4. The van der Waals surface area contributed by atoms with Gasteiger partial charge in [0, 0.05) is 24.7 Å². The van der Waals surface area contributed by atoms with Crippen molar-refractivity contribution in [1.29, 1.82) is 0 Å². The van der Waals surface area contributed by atoms with Gasteiger partial charge in [0.25, 0.3) is 0 Å². The normalized spacial score (nSPS) is 12.5. The largest absolute Gasteiger partial charge is 0.459 e. The van der Waals surface area contributed by atoms with Crippen LogP contribution in [0, 0.1) is 0 Å². The average molecular weight is 268 g/mol. The van der Waals surface area contributed by atoms with Crippen LogP contribution in [0.5, 0.6) is 0 Å². The van der Waals surface area contributed by atoms with Gasteiger partial charge in [0.1, 0.15) is 11.3 Å². The van der Waals surface area contributed by atoms with E-state index < -0.39 is 0 Å². The minimum Gasteiger partial charge on any atom is -0.459 e. The van der Waals surface area contributed by atoms with E-state index in [1.54, 1.807) is 29.9 Å². The second-order valence-electron chi connectivity index (χ2n) is 4.92. The molecule has 0 spiro atoms. The third-order valence-corrected chi connectivity index (χ3v) is 3.34. The molecular weight excluding hydrogens is 252 g/mol. The van der Waals surface area contributed by atoms with Gasteiger partial charge in [0.2, 0.25) is 5.56 Å². The molecule has 3 rings (SSSR count). The second-order valence-corrected chi connectivity index (χ2v) is 4.92. The lowest BCUT2D eigenvalue weighted by Gasteiger charge is -2.13. The lowest BCUT2D eigenvalue weighted by molar-refractivity contribution is 0.526. The highest BCUT2D eigenvalue weighted by Crippen LogP contribution is 2.25. The van der Waals surface area contributed by atoms with E-state index >= 15 is 0 Å². The van der Waals surface area contributed by atoms with Crippen molar-refractivity contribution in [2.75, 3.05) is 5.32 Å². The summed E-state index contributed by atoms with van der Waals surface area (Å²) in [6, 6.07) is 13.3. The van der Waals surface area contributed by atoms with Crippen LogP contribution in [0.4, 0.5) is 5.69 Å². The molecule has 4 heteroatoms. The molecule has 0 fully saturated rings. The number of hydrogen-bond donors (Lipinski definition) is 1. The van der Waals surface area contributed by atoms with Crippen LogP contribution in [0.2, 0.25) is 0 Å². The number of furan rings is 1. The third-order valence-electron chi connectivity index (χ3n) is 3.34. The number of hydrogen-bond acceptors (Lipinski definition) is 3. The minimum absolute atomic E-state index is 0.0214. The molecule has 3 aromatic rings. The molecule has 2 aromatic heterocycles. The van der Waals surface area contributed by atoms with E-state index in [0.717, 1.165) is 22.4 Å². The Labute approximate surface area is 116 Å². The first-order valence-corrected chi connectivity index (χ1v) is 6.55. The number of anilines is 1. The van der Waals surface area contributed by atoms with E-state index in [1.165, 1.54) is 0 Å². The molecule has 0 saturated carbocycles. The van der Waals surface area contributed by atoms with Crippen LogP contribution in [-0.4, -0.2) is 4.57 Å². The molecule has 1 atom stereocenters. The van der Waals surface area contributed by atoms with Crippen LogP contribution < -0.4 is 10.9 Å². The number of benzene rings is 1. The van der Waals surface area contributed by atoms with Gasteiger partial charge >= 0.3 is 0 Å². The number of fused-ring (bicyclic) bond motifs is 1. The van der Waals surface area contributed by atoms with Gasteiger partial charge in [-0.05, 0) is 25.1 Å². The molecule has 20 heavy (non-hydrogen) atoms. The second kappa shape index (κ2) is 4.89. The van der Waals surface area contributed by atoms with Crippen molar-refractivity contribution >= 4 is 16.7 Å². The van der Waals surface area contributed by atoms with Crippen molar-refractivity contribution in [1.82, 2.24) is 4.57 Å². The zero-order valence-corrected chi connectivity index (χ0v) is 11.5. The number of aromatic nitrogens is 1. The zero-order chi connectivity index (χ0) is 14.1. The Morgan fingerprint density at radius 2 is 2.00 bits per heavy atom. The standard InChI is InChI=1S/C16H16N2O2/c1-11(17-13-7-8-16(19)18(2)10-13)15-9-12-5-3-4-6-14(12)20-15/h3-11,17H,1-2H3. The Balaban J connectivity index is 1.86. The number of pyridine rings is 1. The Bertz CT molecular complexity index is 768. The Kier molecular flexibility index (Phi) is 3.06. The molecule has 102 valence electrons. The van der Waals surface area contributed by atoms with Crippen LogP contribution in [0.25, 0.3) is 11.0 Å². The van der Waals surface area contributed by atoms with E-state index in [0.29, 0.717) is 0 Å². The Morgan fingerprint density at radius 3 is 2.75 bits per heavy atom. The van der Waals surface area contributed by atoms with Crippen LogP contribution >= 0.6 is 0 Å². The molecule has 0 saturated heterocycles. The first kappa shape index (κ1) is 12.5. The number of nitrogens with one attached hydrogen (secondary N) is 1. The van der Waals surface area contributed by atoms with Crippen LogP contribution in [0.15, 0.2) is 57.9 Å². The van der Waals surface area contributed by atoms with Gasteiger partial charge in [-0.2, -0.15) is 0 Å². The molecule has 1 aromatic carbocycles. The molecule has 0 aliphatic carbocycles. The van der Waals surface area contributed by atoms with Crippen molar-refractivity contribution < 1.29 is 4.42 Å². The van der Waals surface area contributed by atoms with Crippen molar-refractivity contribution in [2.24, 2.45) is 7.05 Å². The maximum Gasteiger partial charge on any atom is 0.250 e. The fraction of sp³-hybridized carbons (Fsp3) is 0.188. The quantitative estimate of drug-likeness (QED) is 0.792. The van der Waals surface area contributed by atoms with E-state index in [-0.39, 0.29) is 11.6 Å². The Morgan fingerprint density at radius 1 is 1.20 bits per heavy atom. The van der Waals surface area contributed by atoms with Gasteiger partial charge in [0.15, 0.2) is 0 Å². The summed E-state index contributed by atoms with van der Waals surface area (Å²) in [4.78, 5) is 11.4. The summed E-state index contributed by atoms with van der Waals surface area (Å²) in [5, 5.41) is 4.43. The third kappa shape index (κ3) is 2.32. The lowest BCUT2D eigenvalue weighted by Crippen LogP contribution is -2.16. The van der Waals surface area contributed by atoms with Gasteiger partial charge in [0.05, 0.1) is 11.7 Å². The lowest BCUT2D eigenvalue weighted by atomic mass is 10.2. The van der Waals surface area contributed by atoms with Crippen molar-refractivity contribution in [3.8, 4) is 0 Å². The summed E-state index contributed by atoms with van der Waals surface area (Å²) < 4.78 is 7.37. The van der Waals surface area contributed by atoms with Crippen LogP contribution in [0.3, 0.4) is 0 Å². The zero-order valence-electron chi connectivity index (χ0n) is 11.5. The van der Waals surface area contributed by atoms with Gasteiger partial charge in [-0.3, -0.25) is 4.79 Å². The van der Waals surface area contributed by atoms with Crippen molar-refractivity contribution in [3.05, 3.63) is 64.8 Å². The van der Waals surface area contributed by atoms with Gasteiger partial charge in [-0.25, -0.2) is 0 Å². The van der Waals surface area contributed by atoms with Crippen LogP contribution in [0.1, 0.15) is 18.7 Å². The van der Waals surface area contributed by atoms with Crippen molar-refractivity contribution in [2.45, 2.75) is 13.0 Å². The molecule has 4 nitrogen and oxygen atoms in total. The summed E-state index contributed by atoms with van der Waals surface area (Å²) in [7, 11) is 1.74. The average Bonchev–Trinajstić information content (AvgIpc) is 2.87. The maximum absolute atomic E-state index is 11.4. The predicted octanol–water partition coefficient (Wildman–Crippen LogP) is 3.30. The van der Waals surface area contributed by atoms with Crippen LogP contribution in [-0.2, 0) is 7.05 Å². The van der Waals surface area contributed by atoms with E-state index in [1.807, 2.05) is 37.3 Å². The molecule has 1 N–H and O–H groups in total. The number of aryl methyl sites for hydroxylation is 1. The number of rotatable bonds is 3. The molecule has 0 bridgehead atoms. The summed E-state index contributed by atoms with van der Waals surface area (Å²) in [6.45, 7) is 2.03. The smallest absolute Gasteiger partial charge is 0.250 e. The van der Waals surface area contributed by atoms with Gasteiger partial charge in [-0.1, -0.05) is 18.2 Å². The van der Waals surface area contributed by atoms with Crippen molar-refractivity contribution in [3.63, 3.8) is 0 Å². The fourth-order valence-electron chi connectivity index (χ4n) is 2.22. The SMILES string of the molecule is CC(Nc1ccc(=O)n(C)c1)c1cc2ccccc2o1. The molecule has 1 unspecified atom stereocenters. The molecular formula is C16H16N2O2. The first-order chi connectivity index (χ1) is 9.63. The summed E-state index contributed by atoms with van der Waals surface area (Å²) in [6.07, 6.45) is 1.78. The highest BCUT2D eigenvalue weighted by molar-refractivity contribution is 5.77. The summed E-state index contributed by atoms with van der Waals surface area (Å²) >= 11 is 0. The van der Waals surface area contributed by atoms with Gasteiger partial charge < -0.3 is 14.3 Å². The van der Waals surface area contributed by atoms with E-state index in [4.69, 9.17) is 4.42 Å². The summed E-state index contributed by atoms with van der Waals surface area (Å²) in [5.41, 5.74) is 1.75. The van der Waals surface area contributed by atoms with E-state index in [9.17, 15) is 4.79 Å². The first-order valence-electron chi connectivity index (χ1n) is 6.55. The topological polar surface area (TPSA) is 47.2 Å². The number of nitrogens with zero attached hydrogens (tertiary/aromatic N) is 1. The summed E-state index contributed by atoms with van der Waals surface area (Å²) in [5.74, 6) is 0.875. The van der Waals surface area contributed by atoms with Gasteiger partial charge in [-0.15, -0.1) is 0 Å². The van der Waals surface area contributed by atoms with E-state index in [2.05, 4.69) is 5.32 Å². The predicted molar refractivity (Wildman–Crippen MR) is 79.9 cm³/mol. The minimum atomic E-state index is -0.0214. The monoisotopic (exact) mass is 268 g/mol. The molecule has 0 amide bonds.